The number of nitrogens with one attached hydrogen (secondary N) is 2. The van der Waals surface area contributed by atoms with E-state index in [1.807, 2.05) is 0 Å². The van der Waals surface area contributed by atoms with Gasteiger partial charge in [-0.3, -0.25) is 9.52 Å². The number of rotatable bonds is 7. The van der Waals surface area contributed by atoms with Crippen LogP contribution >= 0.6 is 0 Å². The standard InChI is InChI=1S/C21H18FN3O4S/c22-14-3-11-18(12-4-14)30(27,28)25-16-7-9-17(10-8-16)29-21-19(2-1-13-23-21)20(26)24-15-5-6-15/h1-4,7-13,15,25H,5-6H2,(H,24,26). The van der Waals surface area contributed by atoms with E-state index in [0.717, 1.165) is 25.0 Å². The average Bonchev–Trinajstić information content (AvgIpc) is 3.54. The maximum atomic E-state index is 13.0. The SMILES string of the molecule is O=C(NC1CC1)c1cccnc1Oc1ccc(NS(=O)(=O)c2ccc(F)cc2)cc1. The molecule has 2 N–H and O–H groups in total. The number of amides is 1. The molecule has 1 heterocycles. The van der Waals surface area contributed by atoms with Gasteiger partial charge < -0.3 is 10.1 Å². The molecule has 7 nitrogen and oxygen atoms in total. The summed E-state index contributed by atoms with van der Waals surface area (Å²) in [5, 5.41) is 2.89. The van der Waals surface area contributed by atoms with Crippen molar-refractivity contribution in [1.82, 2.24) is 10.3 Å². The third kappa shape index (κ3) is 4.74. The van der Waals surface area contributed by atoms with Gasteiger partial charge in [-0.05, 0) is 73.5 Å². The van der Waals surface area contributed by atoms with E-state index in [0.29, 0.717) is 17.0 Å². The molecule has 1 fully saturated rings. The van der Waals surface area contributed by atoms with Crippen molar-refractivity contribution in [3.8, 4) is 11.6 Å². The van der Waals surface area contributed by atoms with Gasteiger partial charge in [0.15, 0.2) is 0 Å². The molecule has 30 heavy (non-hydrogen) atoms. The number of sulfonamides is 1. The van der Waals surface area contributed by atoms with Crippen LogP contribution in [0.1, 0.15) is 23.2 Å². The van der Waals surface area contributed by atoms with Crippen LogP contribution in [0, 0.1) is 5.82 Å². The molecule has 0 atom stereocenters. The molecule has 1 amide bonds. The smallest absolute Gasteiger partial charge is 0.261 e. The van der Waals surface area contributed by atoms with Crippen LogP contribution in [0.2, 0.25) is 0 Å². The van der Waals surface area contributed by atoms with E-state index >= 15 is 0 Å². The van der Waals surface area contributed by atoms with Crippen LogP contribution in [-0.4, -0.2) is 25.4 Å². The van der Waals surface area contributed by atoms with Crippen molar-refractivity contribution in [2.45, 2.75) is 23.8 Å². The second-order valence-electron chi connectivity index (χ2n) is 6.79. The number of ether oxygens (including phenoxy) is 1. The van der Waals surface area contributed by atoms with Crippen LogP contribution in [0.15, 0.2) is 71.8 Å². The topological polar surface area (TPSA) is 97.4 Å². The molecular weight excluding hydrogens is 409 g/mol. The van der Waals surface area contributed by atoms with Gasteiger partial charge in [-0.2, -0.15) is 0 Å². The van der Waals surface area contributed by atoms with Gasteiger partial charge in [0.1, 0.15) is 17.1 Å². The lowest BCUT2D eigenvalue weighted by Gasteiger charge is -2.11. The van der Waals surface area contributed by atoms with Gasteiger partial charge in [-0.15, -0.1) is 0 Å². The summed E-state index contributed by atoms with van der Waals surface area (Å²) in [5.74, 6) is -0.214. The summed E-state index contributed by atoms with van der Waals surface area (Å²) >= 11 is 0. The van der Waals surface area contributed by atoms with E-state index in [1.165, 1.54) is 30.5 Å². The summed E-state index contributed by atoms with van der Waals surface area (Å²) in [7, 11) is -3.85. The molecule has 1 aliphatic rings. The minimum absolute atomic E-state index is 0.0518. The zero-order chi connectivity index (χ0) is 21.1. The highest BCUT2D eigenvalue weighted by Gasteiger charge is 2.25. The molecule has 1 aromatic heterocycles. The van der Waals surface area contributed by atoms with Crippen LogP contribution in [0.4, 0.5) is 10.1 Å². The lowest BCUT2D eigenvalue weighted by atomic mass is 10.2. The number of halogens is 1. The van der Waals surface area contributed by atoms with Crippen LogP contribution in [-0.2, 0) is 10.0 Å². The summed E-state index contributed by atoms with van der Waals surface area (Å²) in [6.45, 7) is 0. The minimum Gasteiger partial charge on any atom is -0.438 e. The first kappa shape index (κ1) is 19.8. The Morgan fingerprint density at radius 3 is 2.40 bits per heavy atom. The number of aromatic nitrogens is 1. The lowest BCUT2D eigenvalue weighted by molar-refractivity contribution is 0.0948. The Kier molecular flexibility index (Phi) is 5.37. The predicted octanol–water partition coefficient (Wildman–Crippen LogP) is 3.71. The second-order valence-corrected chi connectivity index (χ2v) is 8.47. The molecule has 1 aliphatic carbocycles. The van der Waals surface area contributed by atoms with Gasteiger partial charge in [0.2, 0.25) is 5.88 Å². The molecule has 0 radical (unpaired) electrons. The summed E-state index contributed by atoms with van der Waals surface area (Å²) in [6.07, 6.45) is 3.46. The number of carbonyl (C=O) groups excluding carboxylic acids is 1. The van der Waals surface area contributed by atoms with E-state index in [-0.39, 0.29) is 22.7 Å². The zero-order valence-electron chi connectivity index (χ0n) is 15.7. The maximum Gasteiger partial charge on any atom is 0.261 e. The minimum atomic E-state index is -3.85. The Morgan fingerprint density at radius 1 is 1.03 bits per heavy atom. The van der Waals surface area contributed by atoms with Crippen molar-refractivity contribution < 1.29 is 22.3 Å². The van der Waals surface area contributed by atoms with Gasteiger partial charge in [-0.25, -0.2) is 17.8 Å². The number of benzene rings is 2. The van der Waals surface area contributed by atoms with Crippen molar-refractivity contribution in [2.75, 3.05) is 4.72 Å². The molecule has 2 aromatic carbocycles. The highest BCUT2D eigenvalue weighted by atomic mass is 32.2. The normalized spacial score (nSPS) is 13.5. The first-order valence-electron chi connectivity index (χ1n) is 9.23. The highest BCUT2D eigenvalue weighted by Crippen LogP contribution is 2.26. The predicted molar refractivity (Wildman–Crippen MR) is 108 cm³/mol. The molecule has 0 aliphatic heterocycles. The van der Waals surface area contributed by atoms with Gasteiger partial charge in [0, 0.05) is 17.9 Å². The molecule has 0 unspecified atom stereocenters. The highest BCUT2D eigenvalue weighted by molar-refractivity contribution is 7.92. The summed E-state index contributed by atoms with van der Waals surface area (Å²) < 4.78 is 45.9. The molecule has 3 aromatic rings. The summed E-state index contributed by atoms with van der Waals surface area (Å²) in [6, 6.07) is 14.2. The zero-order valence-corrected chi connectivity index (χ0v) is 16.5. The van der Waals surface area contributed by atoms with Gasteiger partial charge in [-0.1, -0.05) is 0 Å². The third-order valence-electron chi connectivity index (χ3n) is 4.37. The molecule has 0 saturated heterocycles. The Morgan fingerprint density at radius 2 is 1.73 bits per heavy atom. The molecular formula is C21H18FN3O4S. The quantitative estimate of drug-likeness (QED) is 0.599. The van der Waals surface area contributed by atoms with Crippen LogP contribution in [0.5, 0.6) is 11.6 Å². The number of carbonyl (C=O) groups is 1. The van der Waals surface area contributed by atoms with E-state index in [1.54, 1.807) is 24.3 Å². The Bertz CT molecular complexity index is 1160. The van der Waals surface area contributed by atoms with E-state index < -0.39 is 15.8 Å². The fourth-order valence-corrected chi connectivity index (χ4v) is 3.72. The van der Waals surface area contributed by atoms with Crippen LogP contribution in [0.25, 0.3) is 0 Å². The molecule has 9 heteroatoms. The van der Waals surface area contributed by atoms with Crippen LogP contribution < -0.4 is 14.8 Å². The molecule has 4 rings (SSSR count). The number of anilines is 1. The van der Waals surface area contributed by atoms with E-state index in [2.05, 4.69) is 15.0 Å². The van der Waals surface area contributed by atoms with Gasteiger partial charge in [0.05, 0.1) is 4.90 Å². The largest absolute Gasteiger partial charge is 0.438 e. The first-order chi connectivity index (χ1) is 14.4. The fourth-order valence-electron chi connectivity index (χ4n) is 2.67. The summed E-state index contributed by atoms with van der Waals surface area (Å²) in [4.78, 5) is 16.4. The maximum absolute atomic E-state index is 13.0. The summed E-state index contributed by atoms with van der Waals surface area (Å²) in [5.41, 5.74) is 0.630. The number of nitrogens with zero attached hydrogens (tertiary/aromatic N) is 1. The third-order valence-corrected chi connectivity index (χ3v) is 5.77. The average molecular weight is 427 g/mol. The number of pyridine rings is 1. The number of hydrogen-bond acceptors (Lipinski definition) is 5. The molecule has 154 valence electrons. The molecule has 0 spiro atoms. The Labute approximate surface area is 173 Å². The number of hydrogen-bond donors (Lipinski definition) is 2. The second kappa shape index (κ2) is 8.11. The van der Waals surface area contributed by atoms with Crippen molar-refractivity contribution in [3.63, 3.8) is 0 Å². The lowest BCUT2D eigenvalue weighted by Crippen LogP contribution is -2.25. The van der Waals surface area contributed by atoms with Crippen molar-refractivity contribution in [1.29, 1.82) is 0 Å². The van der Waals surface area contributed by atoms with E-state index in [9.17, 15) is 17.6 Å². The molecule has 0 bridgehead atoms. The van der Waals surface area contributed by atoms with E-state index in [4.69, 9.17) is 4.74 Å². The van der Waals surface area contributed by atoms with Crippen molar-refractivity contribution in [3.05, 3.63) is 78.2 Å². The van der Waals surface area contributed by atoms with Crippen molar-refractivity contribution >= 4 is 21.6 Å². The first-order valence-corrected chi connectivity index (χ1v) is 10.7. The van der Waals surface area contributed by atoms with Crippen LogP contribution in [0.3, 0.4) is 0 Å². The monoisotopic (exact) mass is 427 g/mol. The molecule has 1 saturated carbocycles. The van der Waals surface area contributed by atoms with Crippen molar-refractivity contribution in [2.24, 2.45) is 0 Å². The van der Waals surface area contributed by atoms with Gasteiger partial charge in [0.25, 0.3) is 15.9 Å². The van der Waals surface area contributed by atoms with Gasteiger partial charge >= 0.3 is 0 Å². The Balaban J connectivity index is 1.47. The Hall–Kier alpha value is -3.46. The fraction of sp³-hybridized carbons (Fsp3) is 0.143.